The first kappa shape index (κ1) is 23.2. The summed E-state index contributed by atoms with van der Waals surface area (Å²) in [5.41, 5.74) is 4.55. The van der Waals surface area contributed by atoms with E-state index in [1.807, 2.05) is 31.2 Å². The zero-order chi connectivity index (χ0) is 23.5. The van der Waals surface area contributed by atoms with Crippen molar-refractivity contribution in [3.63, 3.8) is 0 Å². The molecule has 174 valence electrons. The number of ether oxygens (including phenoxy) is 1. The van der Waals surface area contributed by atoms with Crippen LogP contribution in [0.1, 0.15) is 30.0 Å². The van der Waals surface area contributed by atoms with Crippen LogP contribution in [0.4, 0.5) is 15.8 Å². The molecule has 1 unspecified atom stereocenters. The average molecular weight is 470 g/mol. The zero-order valence-corrected chi connectivity index (χ0v) is 19.8. The third-order valence-corrected chi connectivity index (χ3v) is 7.21. The SMILES string of the molecule is CCOc1ccc2c(n1)S(=O)c1ccc(C)c(C)c1N2CCCNCc1cccc(F)c1O. The Hall–Kier alpha value is -2.97. The number of para-hydroxylation sites is 1. The highest BCUT2D eigenvalue weighted by atomic mass is 32.2. The predicted molar refractivity (Wildman–Crippen MR) is 127 cm³/mol. The van der Waals surface area contributed by atoms with E-state index in [0.717, 1.165) is 33.8 Å². The summed E-state index contributed by atoms with van der Waals surface area (Å²) < 4.78 is 32.4. The largest absolute Gasteiger partial charge is 0.505 e. The number of hydrogen-bond donors (Lipinski definition) is 2. The molecule has 0 fully saturated rings. The molecule has 2 heterocycles. The van der Waals surface area contributed by atoms with Gasteiger partial charge in [-0.05, 0) is 63.1 Å². The van der Waals surface area contributed by atoms with E-state index in [1.165, 1.54) is 6.07 Å². The van der Waals surface area contributed by atoms with Gasteiger partial charge in [0.15, 0.2) is 16.6 Å². The molecule has 4 rings (SSSR count). The summed E-state index contributed by atoms with van der Waals surface area (Å²) in [6, 6.07) is 12.2. The number of nitrogens with zero attached hydrogens (tertiary/aromatic N) is 2. The molecule has 0 radical (unpaired) electrons. The molecular formula is C25H28FN3O3S. The molecule has 0 saturated carbocycles. The number of pyridine rings is 1. The van der Waals surface area contributed by atoms with Gasteiger partial charge in [0.1, 0.15) is 10.8 Å². The minimum absolute atomic E-state index is 0.311. The van der Waals surface area contributed by atoms with E-state index < -0.39 is 16.6 Å². The molecule has 0 spiro atoms. The number of phenolic OH excluding ortho intramolecular Hbond substituents is 1. The fraction of sp³-hybridized carbons (Fsp3) is 0.320. The quantitative estimate of drug-likeness (QED) is 0.464. The van der Waals surface area contributed by atoms with Crippen molar-refractivity contribution < 1.29 is 18.4 Å². The van der Waals surface area contributed by atoms with Crippen LogP contribution in [-0.2, 0) is 17.3 Å². The smallest absolute Gasteiger partial charge is 0.214 e. The standard InChI is InChI=1S/C25H28FN3O3S/c1-4-32-22-12-10-20-25(28-22)33(31)21-11-9-16(2)17(3)23(21)29(20)14-6-13-27-15-18-7-5-8-19(26)24(18)30/h5,7-12,27,30H,4,6,13-15H2,1-3H3. The third kappa shape index (κ3) is 4.58. The van der Waals surface area contributed by atoms with Gasteiger partial charge in [0.25, 0.3) is 0 Å². The molecule has 1 aliphatic heterocycles. The second kappa shape index (κ2) is 9.89. The summed E-state index contributed by atoms with van der Waals surface area (Å²) in [5, 5.41) is 13.6. The number of rotatable bonds is 8. The van der Waals surface area contributed by atoms with Crippen molar-refractivity contribution in [2.75, 3.05) is 24.6 Å². The van der Waals surface area contributed by atoms with E-state index in [4.69, 9.17) is 4.74 Å². The first-order chi connectivity index (χ1) is 15.9. The second-order valence-corrected chi connectivity index (χ2v) is 9.32. The molecule has 2 N–H and O–H groups in total. The lowest BCUT2D eigenvalue weighted by Crippen LogP contribution is -2.29. The number of halogens is 1. The van der Waals surface area contributed by atoms with Gasteiger partial charge in [-0.2, -0.15) is 0 Å². The van der Waals surface area contributed by atoms with E-state index in [-0.39, 0.29) is 5.75 Å². The highest BCUT2D eigenvalue weighted by Gasteiger charge is 2.31. The molecule has 0 amide bonds. The van der Waals surface area contributed by atoms with Gasteiger partial charge in [0.05, 0.1) is 22.9 Å². The lowest BCUT2D eigenvalue weighted by Gasteiger charge is -2.34. The van der Waals surface area contributed by atoms with Gasteiger partial charge >= 0.3 is 0 Å². The molecular weight excluding hydrogens is 441 g/mol. The van der Waals surface area contributed by atoms with E-state index in [2.05, 4.69) is 29.0 Å². The lowest BCUT2D eigenvalue weighted by atomic mass is 10.1. The number of aryl methyl sites for hydroxylation is 1. The summed E-state index contributed by atoms with van der Waals surface area (Å²) in [6.45, 7) is 8.20. The molecule has 6 nitrogen and oxygen atoms in total. The maximum atomic E-state index is 13.5. The van der Waals surface area contributed by atoms with Crippen molar-refractivity contribution in [1.29, 1.82) is 0 Å². The van der Waals surface area contributed by atoms with Crippen LogP contribution in [0.25, 0.3) is 0 Å². The summed E-state index contributed by atoms with van der Waals surface area (Å²) in [4.78, 5) is 7.48. The summed E-state index contributed by atoms with van der Waals surface area (Å²) in [6.07, 6.45) is 0.780. The number of anilines is 2. The third-order valence-electron chi connectivity index (χ3n) is 5.83. The van der Waals surface area contributed by atoms with Crippen LogP contribution in [0.3, 0.4) is 0 Å². The molecule has 33 heavy (non-hydrogen) atoms. The Morgan fingerprint density at radius 1 is 1.18 bits per heavy atom. The molecule has 0 aliphatic carbocycles. The number of aromatic hydroxyl groups is 1. The molecule has 1 aliphatic rings. The minimum atomic E-state index is -1.39. The van der Waals surface area contributed by atoms with Crippen molar-refractivity contribution in [2.24, 2.45) is 0 Å². The second-order valence-electron chi connectivity index (χ2n) is 7.96. The highest BCUT2D eigenvalue weighted by molar-refractivity contribution is 7.85. The summed E-state index contributed by atoms with van der Waals surface area (Å²) >= 11 is 0. The van der Waals surface area contributed by atoms with Gasteiger partial charge in [0.2, 0.25) is 5.88 Å². The summed E-state index contributed by atoms with van der Waals surface area (Å²) in [5.74, 6) is -0.462. The number of aromatic nitrogens is 1. The Labute approximate surface area is 195 Å². The fourth-order valence-electron chi connectivity index (χ4n) is 3.99. The van der Waals surface area contributed by atoms with Crippen molar-refractivity contribution in [2.45, 2.75) is 43.7 Å². The van der Waals surface area contributed by atoms with E-state index in [0.29, 0.717) is 42.7 Å². The van der Waals surface area contributed by atoms with Crippen LogP contribution in [0.15, 0.2) is 52.4 Å². The van der Waals surface area contributed by atoms with Gasteiger partial charge in [0, 0.05) is 24.7 Å². The first-order valence-corrected chi connectivity index (χ1v) is 12.2. The van der Waals surface area contributed by atoms with Crippen LogP contribution in [0.2, 0.25) is 0 Å². The Kier molecular flexibility index (Phi) is 6.95. The minimum Gasteiger partial charge on any atom is -0.505 e. The molecule has 0 bridgehead atoms. The normalized spacial score (nSPS) is 14.7. The predicted octanol–water partition coefficient (Wildman–Crippen LogP) is 4.74. The van der Waals surface area contributed by atoms with Crippen molar-refractivity contribution in [3.8, 4) is 11.6 Å². The van der Waals surface area contributed by atoms with Crippen LogP contribution in [-0.4, -0.2) is 34.0 Å². The van der Waals surface area contributed by atoms with E-state index in [9.17, 15) is 13.7 Å². The summed E-state index contributed by atoms with van der Waals surface area (Å²) in [7, 11) is -1.39. The van der Waals surface area contributed by atoms with Gasteiger partial charge in [-0.15, -0.1) is 0 Å². The molecule has 0 saturated heterocycles. The topological polar surface area (TPSA) is 74.7 Å². The number of phenols is 1. The zero-order valence-electron chi connectivity index (χ0n) is 19.0. The van der Waals surface area contributed by atoms with Crippen molar-refractivity contribution in [1.82, 2.24) is 10.3 Å². The van der Waals surface area contributed by atoms with Gasteiger partial charge in [-0.3, -0.25) is 0 Å². The Morgan fingerprint density at radius 3 is 2.79 bits per heavy atom. The van der Waals surface area contributed by atoms with Crippen LogP contribution in [0, 0.1) is 19.7 Å². The van der Waals surface area contributed by atoms with Crippen molar-refractivity contribution in [3.05, 3.63) is 65.0 Å². The van der Waals surface area contributed by atoms with Crippen molar-refractivity contribution >= 4 is 22.2 Å². The van der Waals surface area contributed by atoms with Gasteiger partial charge in [-0.25, -0.2) is 13.6 Å². The maximum Gasteiger partial charge on any atom is 0.214 e. The number of hydrogen-bond acceptors (Lipinski definition) is 6. The first-order valence-electron chi connectivity index (χ1n) is 11.0. The van der Waals surface area contributed by atoms with E-state index in [1.54, 1.807) is 12.1 Å². The van der Waals surface area contributed by atoms with Crippen LogP contribution in [0.5, 0.6) is 11.6 Å². The Balaban J connectivity index is 1.54. The number of benzene rings is 2. The van der Waals surface area contributed by atoms with E-state index >= 15 is 0 Å². The lowest BCUT2D eigenvalue weighted by molar-refractivity contribution is 0.324. The van der Waals surface area contributed by atoms with Gasteiger partial charge < -0.3 is 20.1 Å². The van der Waals surface area contributed by atoms with Gasteiger partial charge in [-0.1, -0.05) is 18.2 Å². The molecule has 1 aromatic heterocycles. The molecule has 1 atom stereocenters. The van der Waals surface area contributed by atoms with Crippen LogP contribution < -0.4 is 15.0 Å². The molecule has 3 aromatic rings. The highest BCUT2D eigenvalue weighted by Crippen LogP contribution is 2.44. The number of nitrogens with one attached hydrogen (secondary N) is 1. The maximum absolute atomic E-state index is 13.5. The average Bonchev–Trinajstić information content (AvgIpc) is 2.81. The monoisotopic (exact) mass is 469 g/mol. The fourth-order valence-corrected chi connectivity index (χ4v) is 5.37. The Morgan fingerprint density at radius 2 is 2.00 bits per heavy atom. The van der Waals surface area contributed by atoms with Crippen LogP contribution >= 0.6 is 0 Å². The molecule has 2 aromatic carbocycles. The number of fused-ring (bicyclic) bond motifs is 2. The molecule has 8 heteroatoms. The Bertz CT molecular complexity index is 1200.